The molecule has 4 heterocycles. The van der Waals surface area contributed by atoms with Gasteiger partial charge in [-0.3, -0.25) is 0 Å². The lowest BCUT2D eigenvalue weighted by atomic mass is 9.36. The van der Waals surface area contributed by atoms with Gasteiger partial charge in [0, 0.05) is 53.5 Å². The molecule has 12 rings (SSSR count). The van der Waals surface area contributed by atoms with Crippen molar-refractivity contribution in [1.82, 2.24) is 4.57 Å². The molecule has 4 heteroatoms. The highest BCUT2D eigenvalue weighted by molar-refractivity contribution is 7.33. The number of aromatic nitrogens is 1. The average molecular weight is 743 g/mol. The molecular weight excluding hydrogens is 695 g/mol. The Balaban J connectivity index is 1.27. The van der Waals surface area contributed by atoms with Crippen LogP contribution < -0.4 is 20.6 Å². The van der Waals surface area contributed by atoms with Crippen LogP contribution in [-0.2, 0) is 16.2 Å². The van der Waals surface area contributed by atoms with Gasteiger partial charge in [0.1, 0.15) is 0 Å². The topological polar surface area (TPSA) is 8.17 Å². The second-order valence-electron chi connectivity index (χ2n) is 19.2. The molecule has 2 aromatic heterocycles. The van der Waals surface area contributed by atoms with Gasteiger partial charge < -0.3 is 9.47 Å². The average Bonchev–Trinajstić information content (AvgIpc) is 3.83. The summed E-state index contributed by atoms with van der Waals surface area (Å²) in [4.78, 5) is 2.76. The standard InChI is InChI=1S/C52H47BN2S/c1-50(2,3)31-24-25-44-36(28-31)48-49(56-44)53-39-21-14-18-34-33-16-9-11-22-40(33)54(47(34)39)42-29-32(51(4,5)6)30-43(46(42)53)55(48)41-23-15-20-38-45(41)35-17-8-10-19-37(35)52(38)26-12-7-13-27-52/h8-11,14-25,28-30H,7,12-13,26-27H2,1-6H3. The van der Waals surface area contributed by atoms with Crippen molar-refractivity contribution in [3.8, 4) is 16.8 Å². The molecule has 56 heavy (non-hydrogen) atoms. The van der Waals surface area contributed by atoms with Crippen molar-refractivity contribution in [1.29, 1.82) is 0 Å². The predicted octanol–water partition coefficient (Wildman–Crippen LogP) is 12.4. The van der Waals surface area contributed by atoms with Crippen LogP contribution in [0.5, 0.6) is 0 Å². The molecule has 0 unspecified atom stereocenters. The molecule has 0 radical (unpaired) electrons. The molecule has 1 spiro atoms. The molecule has 2 aliphatic heterocycles. The van der Waals surface area contributed by atoms with Crippen LogP contribution in [0, 0.1) is 0 Å². The van der Waals surface area contributed by atoms with Crippen LogP contribution in [-0.4, -0.2) is 11.3 Å². The predicted molar refractivity (Wildman–Crippen MR) is 242 cm³/mol. The SMILES string of the molecule is CC(C)(C)c1cc2c3c(c1)-n1c4ccccc4c4cccc(c41)B3c1sc3ccc(C(C)(C)C)cc3c1N2c1cccc2c1-c1ccccc1C21CCCCC1. The maximum Gasteiger partial charge on any atom is 0.264 e. The molecule has 2 nitrogen and oxygen atoms in total. The molecule has 0 saturated heterocycles. The molecule has 0 N–H and O–H groups in total. The third kappa shape index (κ3) is 4.19. The summed E-state index contributed by atoms with van der Waals surface area (Å²) >= 11 is 2.02. The monoisotopic (exact) mass is 742 g/mol. The first-order valence-corrected chi connectivity index (χ1v) is 21.7. The fourth-order valence-electron chi connectivity index (χ4n) is 11.4. The molecule has 2 aliphatic carbocycles. The maximum absolute atomic E-state index is 2.76. The van der Waals surface area contributed by atoms with Crippen LogP contribution in [0.3, 0.4) is 0 Å². The van der Waals surface area contributed by atoms with Crippen LogP contribution in [0.15, 0.2) is 115 Å². The zero-order valence-electron chi connectivity index (χ0n) is 33.4. The second-order valence-corrected chi connectivity index (χ2v) is 20.3. The van der Waals surface area contributed by atoms with E-state index in [-0.39, 0.29) is 23.0 Å². The normalized spacial score (nSPS) is 16.5. The Labute approximate surface area is 334 Å². The van der Waals surface area contributed by atoms with E-state index in [1.807, 2.05) is 11.3 Å². The van der Waals surface area contributed by atoms with Gasteiger partial charge in [0.2, 0.25) is 0 Å². The van der Waals surface area contributed by atoms with Gasteiger partial charge in [0.05, 0.1) is 16.9 Å². The van der Waals surface area contributed by atoms with E-state index in [4.69, 9.17) is 0 Å². The molecule has 0 bridgehead atoms. The second kappa shape index (κ2) is 11.1. The van der Waals surface area contributed by atoms with Crippen LogP contribution >= 0.6 is 11.3 Å². The highest BCUT2D eigenvalue weighted by atomic mass is 32.1. The third-order valence-electron chi connectivity index (χ3n) is 14.1. The van der Waals surface area contributed by atoms with E-state index >= 15 is 0 Å². The number of para-hydroxylation sites is 2. The Morgan fingerprint density at radius 3 is 2.14 bits per heavy atom. The summed E-state index contributed by atoms with van der Waals surface area (Å²) in [6.07, 6.45) is 6.37. The third-order valence-corrected chi connectivity index (χ3v) is 15.3. The van der Waals surface area contributed by atoms with Gasteiger partial charge in [-0.1, -0.05) is 140 Å². The highest BCUT2D eigenvalue weighted by Gasteiger charge is 2.48. The molecular formula is C52H47BN2S. The van der Waals surface area contributed by atoms with E-state index in [1.54, 1.807) is 11.1 Å². The minimum Gasteiger partial charge on any atom is -0.310 e. The summed E-state index contributed by atoms with van der Waals surface area (Å²) < 4.78 is 5.46. The van der Waals surface area contributed by atoms with Crippen molar-refractivity contribution in [3.63, 3.8) is 0 Å². The Bertz CT molecular complexity index is 2990. The summed E-state index contributed by atoms with van der Waals surface area (Å²) in [6.45, 7) is 14.3. The number of anilines is 3. The van der Waals surface area contributed by atoms with Crippen LogP contribution in [0.25, 0.3) is 48.7 Å². The van der Waals surface area contributed by atoms with Crippen molar-refractivity contribution >= 4 is 82.7 Å². The molecule has 1 saturated carbocycles. The Morgan fingerprint density at radius 1 is 0.607 bits per heavy atom. The molecule has 0 atom stereocenters. The molecule has 4 aliphatic rings. The number of fused-ring (bicyclic) bond motifs is 14. The van der Waals surface area contributed by atoms with Crippen LogP contribution in [0.4, 0.5) is 17.1 Å². The summed E-state index contributed by atoms with van der Waals surface area (Å²) in [6, 6.07) is 45.4. The van der Waals surface area contributed by atoms with E-state index in [2.05, 4.69) is 166 Å². The van der Waals surface area contributed by atoms with Gasteiger partial charge in [0.25, 0.3) is 6.71 Å². The largest absolute Gasteiger partial charge is 0.310 e. The van der Waals surface area contributed by atoms with E-state index in [9.17, 15) is 0 Å². The zero-order valence-corrected chi connectivity index (χ0v) is 34.2. The number of benzene rings is 6. The summed E-state index contributed by atoms with van der Waals surface area (Å²) in [5.74, 6) is 0. The molecule has 274 valence electrons. The van der Waals surface area contributed by atoms with Crippen molar-refractivity contribution in [2.45, 2.75) is 89.9 Å². The van der Waals surface area contributed by atoms with Gasteiger partial charge in [-0.2, -0.15) is 0 Å². The van der Waals surface area contributed by atoms with Crippen molar-refractivity contribution < 1.29 is 0 Å². The molecule has 6 aromatic carbocycles. The lowest BCUT2D eigenvalue weighted by molar-refractivity contribution is 0.353. The number of hydrogen-bond donors (Lipinski definition) is 0. The van der Waals surface area contributed by atoms with Gasteiger partial charge >= 0.3 is 0 Å². The van der Waals surface area contributed by atoms with Gasteiger partial charge in [0.15, 0.2) is 0 Å². The lowest BCUT2D eigenvalue weighted by Gasteiger charge is -2.41. The molecule has 1 fully saturated rings. The Hall–Kier alpha value is -5.06. The quantitative estimate of drug-likeness (QED) is 0.152. The first-order valence-electron chi connectivity index (χ1n) is 20.9. The fraction of sp³-hybridized carbons (Fsp3) is 0.269. The number of hydrogen-bond acceptors (Lipinski definition) is 2. The Morgan fingerprint density at radius 2 is 1.32 bits per heavy atom. The van der Waals surface area contributed by atoms with Crippen molar-refractivity contribution in [3.05, 3.63) is 138 Å². The maximum atomic E-state index is 2.76. The molecule has 0 amide bonds. The van der Waals surface area contributed by atoms with E-state index in [1.165, 1.54) is 125 Å². The van der Waals surface area contributed by atoms with E-state index in [0.717, 1.165) is 0 Å². The summed E-state index contributed by atoms with van der Waals surface area (Å²) in [7, 11) is 0. The van der Waals surface area contributed by atoms with Crippen LogP contribution in [0.1, 0.15) is 95.9 Å². The van der Waals surface area contributed by atoms with Crippen molar-refractivity contribution in [2.24, 2.45) is 0 Å². The van der Waals surface area contributed by atoms with Gasteiger partial charge in [-0.05, 0) is 98.8 Å². The number of thiophene rings is 1. The smallest absolute Gasteiger partial charge is 0.264 e. The minimum absolute atomic E-state index is 0.0324. The van der Waals surface area contributed by atoms with E-state index < -0.39 is 0 Å². The number of rotatable bonds is 1. The summed E-state index contributed by atoms with van der Waals surface area (Å²) in [5, 5.41) is 4.05. The number of nitrogens with zero attached hydrogens (tertiary/aromatic N) is 2. The van der Waals surface area contributed by atoms with Gasteiger partial charge in [-0.15, -0.1) is 11.3 Å². The fourth-order valence-corrected chi connectivity index (χ4v) is 12.7. The lowest BCUT2D eigenvalue weighted by Crippen LogP contribution is -2.59. The van der Waals surface area contributed by atoms with Crippen LogP contribution in [0.2, 0.25) is 0 Å². The first-order chi connectivity index (χ1) is 27.0. The first kappa shape index (κ1) is 33.1. The summed E-state index contributed by atoms with van der Waals surface area (Å²) in [5.41, 5.74) is 19.7. The highest BCUT2D eigenvalue weighted by Crippen LogP contribution is 2.60. The van der Waals surface area contributed by atoms with Crippen molar-refractivity contribution in [2.75, 3.05) is 4.90 Å². The van der Waals surface area contributed by atoms with E-state index in [0.29, 0.717) is 0 Å². The Kier molecular flexibility index (Phi) is 6.55. The molecule has 8 aromatic rings. The van der Waals surface area contributed by atoms with Gasteiger partial charge in [-0.25, -0.2) is 0 Å². The zero-order chi connectivity index (χ0) is 37.9. The minimum atomic E-state index is -0.0560.